The van der Waals surface area contributed by atoms with Gasteiger partial charge < -0.3 is 5.32 Å². The number of halogens is 1. The standard InChI is InChI=1S/C10H13ClN2/c1-7-4-9(7)12-5-8-2-3-10(11)13-6-8/h2-3,6-7,9,12H,4-5H2,1H3. The van der Waals surface area contributed by atoms with E-state index in [1.165, 1.54) is 12.0 Å². The van der Waals surface area contributed by atoms with Gasteiger partial charge in [-0.15, -0.1) is 0 Å². The summed E-state index contributed by atoms with van der Waals surface area (Å²) in [6.07, 6.45) is 3.13. The smallest absolute Gasteiger partial charge is 0.129 e. The van der Waals surface area contributed by atoms with E-state index < -0.39 is 0 Å². The van der Waals surface area contributed by atoms with Gasteiger partial charge in [0.25, 0.3) is 0 Å². The Morgan fingerprint density at radius 3 is 2.92 bits per heavy atom. The summed E-state index contributed by atoms with van der Waals surface area (Å²) in [5, 5.41) is 4.02. The molecule has 1 aromatic heterocycles. The fourth-order valence-electron chi connectivity index (χ4n) is 1.37. The zero-order valence-electron chi connectivity index (χ0n) is 7.63. The lowest BCUT2D eigenvalue weighted by Crippen LogP contribution is -2.16. The number of pyridine rings is 1. The molecular weight excluding hydrogens is 184 g/mol. The van der Waals surface area contributed by atoms with Gasteiger partial charge >= 0.3 is 0 Å². The predicted molar refractivity (Wildman–Crippen MR) is 53.7 cm³/mol. The maximum atomic E-state index is 5.68. The van der Waals surface area contributed by atoms with Crippen LogP contribution in [0, 0.1) is 5.92 Å². The van der Waals surface area contributed by atoms with Crippen LogP contribution < -0.4 is 5.32 Å². The summed E-state index contributed by atoms with van der Waals surface area (Å²) in [6, 6.07) is 4.56. The van der Waals surface area contributed by atoms with E-state index in [-0.39, 0.29) is 0 Å². The van der Waals surface area contributed by atoms with E-state index in [1.54, 1.807) is 0 Å². The van der Waals surface area contributed by atoms with E-state index in [2.05, 4.69) is 17.2 Å². The number of nitrogens with zero attached hydrogens (tertiary/aromatic N) is 1. The van der Waals surface area contributed by atoms with Crippen LogP contribution >= 0.6 is 11.6 Å². The average Bonchev–Trinajstić information content (AvgIpc) is 2.81. The fraction of sp³-hybridized carbons (Fsp3) is 0.500. The van der Waals surface area contributed by atoms with Crippen molar-refractivity contribution in [2.45, 2.75) is 25.9 Å². The van der Waals surface area contributed by atoms with Crippen LogP contribution in [0.15, 0.2) is 18.3 Å². The Morgan fingerprint density at radius 2 is 2.38 bits per heavy atom. The van der Waals surface area contributed by atoms with Crippen molar-refractivity contribution < 1.29 is 0 Å². The van der Waals surface area contributed by atoms with Crippen molar-refractivity contribution in [2.75, 3.05) is 0 Å². The Bertz CT molecular complexity index is 283. The minimum absolute atomic E-state index is 0.559. The molecule has 2 nitrogen and oxygen atoms in total. The average molecular weight is 197 g/mol. The summed E-state index contributed by atoms with van der Waals surface area (Å²) >= 11 is 5.68. The Labute approximate surface area is 83.3 Å². The molecule has 1 N–H and O–H groups in total. The highest BCUT2D eigenvalue weighted by molar-refractivity contribution is 6.29. The summed E-state index contributed by atoms with van der Waals surface area (Å²) in [4.78, 5) is 4.02. The van der Waals surface area contributed by atoms with Crippen LogP contribution in [-0.2, 0) is 6.54 Å². The maximum Gasteiger partial charge on any atom is 0.129 e. The first-order valence-corrected chi connectivity index (χ1v) is 4.97. The number of hydrogen-bond acceptors (Lipinski definition) is 2. The van der Waals surface area contributed by atoms with Crippen LogP contribution in [0.2, 0.25) is 5.15 Å². The van der Waals surface area contributed by atoms with Crippen molar-refractivity contribution in [1.29, 1.82) is 0 Å². The van der Waals surface area contributed by atoms with E-state index in [4.69, 9.17) is 11.6 Å². The number of hydrogen-bond donors (Lipinski definition) is 1. The fourth-order valence-corrected chi connectivity index (χ4v) is 1.48. The van der Waals surface area contributed by atoms with Gasteiger partial charge in [-0.3, -0.25) is 0 Å². The summed E-state index contributed by atoms with van der Waals surface area (Å²) < 4.78 is 0. The third-order valence-corrected chi connectivity index (χ3v) is 2.69. The molecule has 0 aromatic carbocycles. The van der Waals surface area contributed by atoms with Gasteiger partial charge in [-0.05, 0) is 24.0 Å². The molecular formula is C10H13ClN2. The van der Waals surface area contributed by atoms with Gasteiger partial charge in [-0.25, -0.2) is 4.98 Å². The second-order valence-corrected chi connectivity index (χ2v) is 4.08. The summed E-state index contributed by atoms with van der Waals surface area (Å²) in [7, 11) is 0. The molecule has 0 amide bonds. The molecule has 0 aliphatic heterocycles. The van der Waals surface area contributed by atoms with E-state index >= 15 is 0 Å². The molecule has 2 unspecified atom stereocenters. The molecule has 0 spiro atoms. The van der Waals surface area contributed by atoms with Crippen molar-refractivity contribution >= 4 is 11.6 Å². The molecule has 3 heteroatoms. The van der Waals surface area contributed by atoms with Crippen LogP contribution in [0.5, 0.6) is 0 Å². The molecule has 1 aromatic rings. The predicted octanol–water partition coefficient (Wildman–Crippen LogP) is 2.23. The Balaban J connectivity index is 1.84. The molecule has 70 valence electrons. The van der Waals surface area contributed by atoms with Crippen LogP contribution in [-0.4, -0.2) is 11.0 Å². The quantitative estimate of drug-likeness (QED) is 0.751. The van der Waals surface area contributed by atoms with Crippen molar-refractivity contribution in [3.8, 4) is 0 Å². The van der Waals surface area contributed by atoms with Crippen molar-refractivity contribution in [3.05, 3.63) is 29.0 Å². The second kappa shape index (κ2) is 3.64. The van der Waals surface area contributed by atoms with Crippen molar-refractivity contribution in [3.63, 3.8) is 0 Å². The number of aromatic nitrogens is 1. The first-order valence-electron chi connectivity index (χ1n) is 4.59. The van der Waals surface area contributed by atoms with Gasteiger partial charge in [0, 0.05) is 18.8 Å². The topological polar surface area (TPSA) is 24.9 Å². The minimum Gasteiger partial charge on any atom is -0.310 e. The molecule has 1 saturated carbocycles. The molecule has 0 bridgehead atoms. The zero-order chi connectivity index (χ0) is 9.26. The molecule has 0 saturated heterocycles. The van der Waals surface area contributed by atoms with Gasteiger partial charge in [0.1, 0.15) is 5.15 Å². The lowest BCUT2D eigenvalue weighted by Gasteiger charge is -2.02. The van der Waals surface area contributed by atoms with E-state index in [0.717, 1.165) is 18.5 Å². The molecule has 1 aliphatic rings. The summed E-state index contributed by atoms with van der Waals surface area (Å²) in [5.41, 5.74) is 1.20. The third kappa shape index (κ3) is 2.42. The van der Waals surface area contributed by atoms with Crippen molar-refractivity contribution in [1.82, 2.24) is 10.3 Å². The van der Waals surface area contributed by atoms with Gasteiger partial charge in [0.15, 0.2) is 0 Å². The molecule has 13 heavy (non-hydrogen) atoms. The first-order chi connectivity index (χ1) is 6.25. The molecule has 0 radical (unpaired) electrons. The summed E-state index contributed by atoms with van der Waals surface area (Å²) in [5.74, 6) is 0.847. The highest BCUT2D eigenvalue weighted by atomic mass is 35.5. The van der Waals surface area contributed by atoms with Crippen LogP contribution in [0.3, 0.4) is 0 Å². The highest BCUT2D eigenvalue weighted by Crippen LogP contribution is 2.29. The normalized spacial score (nSPS) is 26.0. The lowest BCUT2D eigenvalue weighted by atomic mass is 10.3. The van der Waals surface area contributed by atoms with Gasteiger partial charge in [-0.2, -0.15) is 0 Å². The number of rotatable bonds is 3. The van der Waals surface area contributed by atoms with Gasteiger partial charge in [0.05, 0.1) is 0 Å². The summed E-state index contributed by atoms with van der Waals surface area (Å²) in [6.45, 7) is 3.16. The molecule has 2 atom stereocenters. The van der Waals surface area contributed by atoms with Crippen LogP contribution in [0.1, 0.15) is 18.9 Å². The molecule has 1 aliphatic carbocycles. The Morgan fingerprint density at radius 1 is 1.62 bits per heavy atom. The number of nitrogens with one attached hydrogen (secondary N) is 1. The lowest BCUT2D eigenvalue weighted by molar-refractivity contribution is 0.651. The van der Waals surface area contributed by atoms with Gasteiger partial charge in [0.2, 0.25) is 0 Å². The second-order valence-electron chi connectivity index (χ2n) is 3.69. The van der Waals surface area contributed by atoms with Crippen LogP contribution in [0.25, 0.3) is 0 Å². The highest BCUT2D eigenvalue weighted by Gasteiger charge is 2.31. The minimum atomic E-state index is 0.559. The Kier molecular flexibility index (Phi) is 2.51. The maximum absolute atomic E-state index is 5.68. The van der Waals surface area contributed by atoms with E-state index in [0.29, 0.717) is 5.15 Å². The first kappa shape index (κ1) is 8.97. The zero-order valence-corrected chi connectivity index (χ0v) is 8.38. The SMILES string of the molecule is CC1CC1NCc1ccc(Cl)nc1. The molecule has 1 fully saturated rings. The van der Waals surface area contributed by atoms with Crippen LogP contribution in [0.4, 0.5) is 0 Å². The third-order valence-electron chi connectivity index (χ3n) is 2.47. The van der Waals surface area contributed by atoms with E-state index in [9.17, 15) is 0 Å². The van der Waals surface area contributed by atoms with Crippen molar-refractivity contribution in [2.24, 2.45) is 5.92 Å². The monoisotopic (exact) mass is 196 g/mol. The Hall–Kier alpha value is -0.600. The largest absolute Gasteiger partial charge is 0.310 e. The molecule has 2 rings (SSSR count). The van der Waals surface area contributed by atoms with E-state index in [1.807, 2.05) is 18.3 Å². The molecule has 1 heterocycles. The van der Waals surface area contributed by atoms with Gasteiger partial charge in [-0.1, -0.05) is 24.6 Å².